The summed E-state index contributed by atoms with van der Waals surface area (Å²) >= 11 is 0. The highest BCUT2D eigenvalue weighted by Crippen LogP contribution is 2.01. The molecule has 0 saturated carbocycles. The summed E-state index contributed by atoms with van der Waals surface area (Å²) in [4.78, 5) is 33.6. The topological polar surface area (TPSA) is 137 Å². The van der Waals surface area contributed by atoms with E-state index in [-0.39, 0.29) is 12.2 Å². The van der Waals surface area contributed by atoms with Crippen LogP contribution in [0.15, 0.2) is 12.5 Å². The first-order chi connectivity index (χ1) is 9.60. The summed E-state index contributed by atoms with van der Waals surface area (Å²) in [6, 6.07) is -1.08. The Morgan fingerprint density at radius 2 is 2.30 bits per heavy atom. The van der Waals surface area contributed by atoms with Crippen LogP contribution in [0.2, 0.25) is 0 Å². The maximum atomic E-state index is 11.9. The average molecular weight is 278 g/mol. The molecule has 2 heterocycles. The van der Waals surface area contributed by atoms with E-state index >= 15 is 0 Å². The van der Waals surface area contributed by atoms with Gasteiger partial charge in [-0.05, 0) is 0 Å². The third-order valence-electron chi connectivity index (χ3n) is 2.65. The molecule has 106 valence electrons. The van der Waals surface area contributed by atoms with Crippen molar-refractivity contribution in [3.8, 4) is 0 Å². The van der Waals surface area contributed by atoms with Crippen molar-refractivity contribution in [1.29, 1.82) is 0 Å². The van der Waals surface area contributed by atoms with Gasteiger partial charge in [0.1, 0.15) is 11.9 Å². The van der Waals surface area contributed by atoms with Crippen molar-refractivity contribution >= 4 is 11.9 Å². The van der Waals surface area contributed by atoms with E-state index < -0.39 is 17.9 Å². The van der Waals surface area contributed by atoms with E-state index in [4.69, 9.17) is 5.11 Å². The normalized spacial score (nSPS) is 12.1. The van der Waals surface area contributed by atoms with Crippen LogP contribution >= 0.6 is 0 Å². The number of nitrogens with one attached hydrogen (secondary N) is 3. The van der Waals surface area contributed by atoms with Crippen molar-refractivity contribution < 1.29 is 14.7 Å². The summed E-state index contributed by atoms with van der Waals surface area (Å²) in [6.45, 7) is 1.86. The van der Waals surface area contributed by atoms with Crippen LogP contribution in [-0.2, 0) is 17.6 Å². The van der Waals surface area contributed by atoms with Gasteiger partial charge < -0.3 is 15.4 Å². The van der Waals surface area contributed by atoms with Crippen LogP contribution in [0.4, 0.5) is 0 Å². The third kappa shape index (κ3) is 3.19. The second-order valence-electron chi connectivity index (χ2n) is 4.10. The molecule has 0 aliphatic heterocycles. The number of hydrogen-bond donors (Lipinski definition) is 4. The monoisotopic (exact) mass is 278 g/mol. The summed E-state index contributed by atoms with van der Waals surface area (Å²) in [5, 5.41) is 17.8. The first-order valence-electron chi connectivity index (χ1n) is 6.02. The van der Waals surface area contributed by atoms with E-state index in [1.807, 2.05) is 6.92 Å². The summed E-state index contributed by atoms with van der Waals surface area (Å²) in [7, 11) is 0. The highest BCUT2D eigenvalue weighted by atomic mass is 16.4. The number of carboxylic acids is 1. The molecule has 0 aromatic carbocycles. The van der Waals surface area contributed by atoms with Crippen molar-refractivity contribution in [3.63, 3.8) is 0 Å². The molecule has 0 saturated heterocycles. The lowest BCUT2D eigenvalue weighted by molar-refractivity contribution is -0.139. The Morgan fingerprint density at radius 3 is 2.85 bits per heavy atom. The van der Waals surface area contributed by atoms with Gasteiger partial charge >= 0.3 is 5.97 Å². The summed E-state index contributed by atoms with van der Waals surface area (Å²) in [5.41, 5.74) is 0.613. The van der Waals surface area contributed by atoms with Crippen LogP contribution in [0.5, 0.6) is 0 Å². The van der Waals surface area contributed by atoms with Crippen LogP contribution in [0.3, 0.4) is 0 Å². The predicted molar refractivity (Wildman–Crippen MR) is 66.9 cm³/mol. The molecule has 1 atom stereocenters. The van der Waals surface area contributed by atoms with Gasteiger partial charge in [0.05, 0.1) is 6.33 Å². The predicted octanol–water partition coefficient (Wildman–Crippen LogP) is -0.484. The number of carbonyl (C=O) groups excluding carboxylic acids is 1. The number of aromatic nitrogens is 5. The Bertz CT molecular complexity index is 591. The Hall–Kier alpha value is -2.71. The maximum Gasteiger partial charge on any atom is 0.326 e. The standard InChI is InChI=1S/C11H14N6O3/c1-2-8-15-9(17-16-8)10(18)14-7(11(19)20)3-6-4-12-5-13-6/h4-5,7H,2-3H2,1H3,(H,12,13)(H,14,18)(H,19,20)(H,15,16,17)/t7-/m0/s1. The molecule has 9 nitrogen and oxygen atoms in total. The van der Waals surface area contributed by atoms with E-state index in [9.17, 15) is 9.59 Å². The minimum absolute atomic E-state index is 0.0716. The van der Waals surface area contributed by atoms with Crippen molar-refractivity contribution in [2.45, 2.75) is 25.8 Å². The molecule has 4 N–H and O–H groups in total. The number of imidazole rings is 1. The second kappa shape index (κ2) is 5.95. The molecule has 0 bridgehead atoms. The first-order valence-corrected chi connectivity index (χ1v) is 6.02. The zero-order chi connectivity index (χ0) is 14.5. The zero-order valence-corrected chi connectivity index (χ0v) is 10.8. The van der Waals surface area contributed by atoms with Gasteiger partial charge in [-0.3, -0.25) is 9.89 Å². The second-order valence-corrected chi connectivity index (χ2v) is 4.10. The lowest BCUT2D eigenvalue weighted by Crippen LogP contribution is -2.42. The molecule has 0 unspecified atom stereocenters. The lowest BCUT2D eigenvalue weighted by Gasteiger charge is -2.12. The van der Waals surface area contributed by atoms with Crippen LogP contribution in [0, 0.1) is 0 Å². The van der Waals surface area contributed by atoms with E-state index in [1.54, 1.807) is 0 Å². The molecular weight excluding hydrogens is 264 g/mol. The van der Waals surface area contributed by atoms with Crippen molar-refractivity contribution in [2.75, 3.05) is 0 Å². The number of aliphatic carboxylic acids is 1. The molecule has 2 aromatic rings. The highest BCUT2D eigenvalue weighted by molar-refractivity contribution is 5.93. The van der Waals surface area contributed by atoms with Crippen molar-refractivity contribution in [1.82, 2.24) is 30.5 Å². The molecule has 1 amide bonds. The van der Waals surface area contributed by atoms with Crippen LogP contribution < -0.4 is 5.32 Å². The summed E-state index contributed by atoms with van der Waals surface area (Å²) in [6.07, 6.45) is 3.66. The summed E-state index contributed by atoms with van der Waals surface area (Å²) < 4.78 is 0. The fourth-order valence-electron chi connectivity index (χ4n) is 1.59. The average Bonchev–Trinajstić information content (AvgIpc) is 3.08. The van der Waals surface area contributed by atoms with Gasteiger partial charge in [0.25, 0.3) is 5.91 Å². The summed E-state index contributed by atoms with van der Waals surface area (Å²) in [5.74, 6) is -1.28. The van der Waals surface area contributed by atoms with Gasteiger partial charge in [-0.25, -0.2) is 14.8 Å². The smallest absolute Gasteiger partial charge is 0.326 e. The fourth-order valence-corrected chi connectivity index (χ4v) is 1.59. The van der Waals surface area contributed by atoms with Gasteiger partial charge in [-0.1, -0.05) is 6.92 Å². The number of rotatable bonds is 6. The minimum atomic E-state index is -1.14. The van der Waals surface area contributed by atoms with E-state index in [0.717, 1.165) is 0 Å². The van der Waals surface area contributed by atoms with Crippen LogP contribution in [-0.4, -0.2) is 48.2 Å². The number of amides is 1. The van der Waals surface area contributed by atoms with Crippen molar-refractivity contribution in [2.24, 2.45) is 0 Å². The lowest BCUT2D eigenvalue weighted by atomic mass is 10.1. The van der Waals surface area contributed by atoms with E-state index in [0.29, 0.717) is 17.9 Å². The molecule has 2 aromatic heterocycles. The highest BCUT2D eigenvalue weighted by Gasteiger charge is 2.23. The largest absolute Gasteiger partial charge is 0.480 e. The molecule has 0 spiro atoms. The van der Waals surface area contributed by atoms with Crippen LogP contribution in [0.25, 0.3) is 0 Å². The van der Waals surface area contributed by atoms with Gasteiger partial charge in [0, 0.05) is 24.7 Å². The first kappa shape index (κ1) is 13.7. The number of aryl methyl sites for hydroxylation is 1. The van der Waals surface area contributed by atoms with Gasteiger partial charge in [0.2, 0.25) is 5.82 Å². The SMILES string of the molecule is CCc1nc(C(=O)N[C@@H](Cc2cnc[nH]2)C(=O)O)n[nH]1. The van der Waals surface area contributed by atoms with E-state index in [2.05, 4.69) is 30.5 Å². The minimum Gasteiger partial charge on any atom is -0.480 e. The van der Waals surface area contributed by atoms with Gasteiger partial charge in [-0.2, -0.15) is 0 Å². The molecular formula is C11H14N6O3. The van der Waals surface area contributed by atoms with Crippen LogP contribution in [0.1, 0.15) is 29.1 Å². The maximum absolute atomic E-state index is 11.9. The Kier molecular flexibility index (Phi) is 4.08. The number of aromatic amines is 2. The molecule has 9 heteroatoms. The Balaban J connectivity index is 2.04. The number of nitrogens with zero attached hydrogens (tertiary/aromatic N) is 3. The third-order valence-corrected chi connectivity index (χ3v) is 2.65. The molecule has 0 fully saturated rings. The molecule has 2 rings (SSSR count). The van der Waals surface area contributed by atoms with Crippen molar-refractivity contribution in [3.05, 3.63) is 29.9 Å². The molecule has 0 radical (unpaired) electrons. The van der Waals surface area contributed by atoms with E-state index in [1.165, 1.54) is 12.5 Å². The molecule has 0 aliphatic carbocycles. The number of hydrogen-bond acceptors (Lipinski definition) is 5. The molecule has 20 heavy (non-hydrogen) atoms. The quantitative estimate of drug-likeness (QED) is 0.563. The van der Waals surface area contributed by atoms with Gasteiger partial charge in [0.15, 0.2) is 0 Å². The Morgan fingerprint density at radius 1 is 1.50 bits per heavy atom. The Labute approximate surface area is 113 Å². The number of carbonyl (C=O) groups is 2. The van der Waals surface area contributed by atoms with Gasteiger partial charge in [-0.15, -0.1) is 5.10 Å². The zero-order valence-electron chi connectivity index (χ0n) is 10.8. The number of carboxylic acid groups (broad SMARTS) is 1. The molecule has 0 aliphatic rings. The number of H-pyrrole nitrogens is 2. The fraction of sp³-hybridized carbons (Fsp3) is 0.364.